The Balaban J connectivity index is 2.63. The molecular formula is C14H18O. The number of hydrogen-bond acceptors (Lipinski definition) is 1. The van der Waals surface area contributed by atoms with Gasteiger partial charge in [0.2, 0.25) is 0 Å². The fourth-order valence-corrected chi connectivity index (χ4v) is 1.41. The number of carbonyl (C=O) groups excluding carboxylic acids is 1. The van der Waals surface area contributed by atoms with Gasteiger partial charge in [-0.3, -0.25) is 4.79 Å². The smallest absolute Gasteiger partial charge is 0.158 e. The van der Waals surface area contributed by atoms with Crippen molar-refractivity contribution in [2.45, 2.75) is 33.1 Å². The quantitative estimate of drug-likeness (QED) is 0.663. The molecule has 0 amide bonds. The molecule has 0 N–H and O–H groups in total. The Kier molecular flexibility index (Phi) is 4.82. The predicted molar refractivity (Wildman–Crippen MR) is 64.6 cm³/mol. The summed E-state index contributed by atoms with van der Waals surface area (Å²) in [4.78, 5) is 11.6. The van der Waals surface area contributed by atoms with Crippen LogP contribution in [-0.4, -0.2) is 5.78 Å². The number of unbranched alkanes of at least 4 members (excludes halogenated alkanes) is 1. The molecule has 0 saturated carbocycles. The van der Waals surface area contributed by atoms with Crippen LogP contribution in [0.15, 0.2) is 35.9 Å². The maximum absolute atomic E-state index is 11.6. The van der Waals surface area contributed by atoms with Crippen LogP contribution < -0.4 is 0 Å². The second-order valence-corrected chi connectivity index (χ2v) is 3.76. The van der Waals surface area contributed by atoms with Crippen LogP contribution >= 0.6 is 0 Å². The van der Waals surface area contributed by atoms with E-state index < -0.39 is 0 Å². The first kappa shape index (κ1) is 11.7. The molecule has 0 atom stereocenters. The summed E-state index contributed by atoms with van der Waals surface area (Å²) < 4.78 is 0. The van der Waals surface area contributed by atoms with Gasteiger partial charge in [0, 0.05) is 6.42 Å². The molecule has 0 aliphatic heterocycles. The number of ketones is 1. The molecule has 0 fully saturated rings. The largest absolute Gasteiger partial charge is 0.295 e. The Morgan fingerprint density at radius 1 is 1.27 bits per heavy atom. The summed E-state index contributed by atoms with van der Waals surface area (Å²) in [6.45, 7) is 3.99. The SMILES string of the molecule is CCCCC(=O)/C(C)=C/c1ccccc1. The Labute approximate surface area is 91.8 Å². The summed E-state index contributed by atoms with van der Waals surface area (Å²) in [6.07, 6.45) is 4.69. The zero-order valence-electron chi connectivity index (χ0n) is 9.49. The average molecular weight is 202 g/mol. The van der Waals surface area contributed by atoms with Gasteiger partial charge in [0.15, 0.2) is 5.78 Å². The molecular weight excluding hydrogens is 184 g/mol. The third kappa shape index (κ3) is 4.11. The van der Waals surface area contributed by atoms with Crippen LogP contribution in [-0.2, 0) is 4.79 Å². The second-order valence-electron chi connectivity index (χ2n) is 3.76. The Hall–Kier alpha value is -1.37. The molecule has 0 spiro atoms. The van der Waals surface area contributed by atoms with Crippen molar-refractivity contribution >= 4 is 11.9 Å². The number of hydrogen-bond donors (Lipinski definition) is 0. The average Bonchev–Trinajstić information content (AvgIpc) is 2.27. The van der Waals surface area contributed by atoms with E-state index in [0.29, 0.717) is 6.42 Å². The van der Waals surface area contributed by atoms with Gasteiger partial charge in [0.1, 0.15) is 0 Å². The van der Waals surface area contributed by atoms with E-state index >= 15 is 0 Å². The first-order valence-electron chi connectivity index (χ1n) is 5.50. The van der Waals surface area contributed by atoms with E-state index in [0.717, 1.165) is 24.0 Å². The van der Waals surface area contributed by atoms with Crippen molar-refractivity contribution in [3.8, 4) is 0 Å². The van der Waals surface area contributed by atoms with Gasteiger partial charge in [0.25, 0.3) is 0 Å². The number of carbonyl (C=O) groups is 1. The first-order chi connectivity index (χ1) is 7.24. The van der Waals surface area contributed by atoms with Gasteiger partial charge < -0.3 is 0 Å². The van der Waals surface area contributed by atoms with Crippen molar-refractivity contribution in [2.75, 3.05) is 0 Å². The maximum Gasteiger partial charge on any atom is 0.158 e. The Bertz CT molecular complexity index is 336. The lowest BCUT2D eigenvalue weighted by molar-refractivity contribution is -0.115. The van der Waals surface area contributed by atoms with Crippen LogP contribution in [0.4, 0.5) is 0 Å². The monoisotopic (exact) mass is 202 g/mol. The number of benzene rings is 1. The highest BCUT2D eigenvalue weighted by Gasteiger charge is 2.02. The maximum atomic E-state index is 11.6. The summed E-state index contributed by atoms with van der Waals surface area (Å²) in [5.41, 5.74) is 1.95. The standard InChI is InChI=1S/C14H18O/c1-3-4-10-14(15)12(2)11-13-8-6-5-7-9-13/h5-9,11H,3-4,10H2,1-2H3/b12-11+. The lowest BCUT2D eigenvalue weighted by Crippen LogP contribution is -1.98. The molecule has 0 aliphatic rings. The highest BCUT2D eigenvalue weighted by molar-refractivity contribution is 5.98. The molecule has 0 bridgehead atoms. The molecule has 0 saturated heterocycles. The first-order valence-corrected chi connectivity index (χ1v) is 5.50. The van der Waals surface area contributed by atoms with Gasteiger partial charge in [-0.25, -0.2) is 0 Å². The fourth-order valence-electron chi connectivity index (χ4n) is 1.41. The van der Waals surface area contributed by atoms with Crippen LogP contribution in [0.1, 0.15) is 38.7 Å². The van der Waals surface area contributed by atoms with E-state index in [1.807, 2.05) is 43.3 Å². The minimum absolute atomic E-state index is 0.265. The van der Waals surface area contributed by atoms with Gasteiger partial charge in [-0.1, -0.05) is 43.7 Å². The van der Waals surface area contributed by atoms with E-state index in [4.69, 9.17) is 0 Å². The third-order valence-corrected chi connectivity index (χ3v) is 2.38. The van der Waals surface area contributed by atoms with Crippen LogP contribution in [0.2, 0.25) is 0 Å². The topological polar surface area (TPSA) is 17.1 Å². The number of allylic oxidation sites excluding steroid dienone is 1. The van der Waals surface area contributed by atoms with Crippen molar-refractivity contribution in [2.24, 2.45) is 0 Å². The van der Waals surface area contributed by atoms with Crippen molar-refractivity contribution in [3.05, 3.63) is 41.5 Å². The van der Waals surface area contributed by atoms with Crippen LogP contribution in [0.25, 0.3) is 6.08 Å². The molecule has 1 nitrogen and oxygen atoms in total. The van der Waals surface area contributed by atoms with Crippen molar-refractivity contribution in [1.82, 2.24) is 0 Å². The number of rotatable bonds is 5. The molecule has 0 radical (unpaired) electrons. The lowest BCUT2D eigenvalue weighted by Gasteiger charge is -2.00. The minimum atomic E-state index is 0.265. The van der Waals surface area contributed by atoms with Gasteiger partial charge in [-0.05, 0) is 30.6 Å². The van der Waals surface area contributed by atoms with E-state index in [2.05, 4.69) is 6.92 Å². The van der Waals surface area contributed by atoms with Crippen LogP contribution in [0.5, 0.6) is 0 Å². The highest BCUT2D eigenvalue weighted by Crippen LogP contribution is 2.09. The second kappa shape index (κ2) is 6.18. The van der Waals surface area contributed by atoms with Crippen molar-refractivity contribution in [1.29, 1.82) is 0 Å². The van der Waals surface area contributed by atoms with Crippen LogP contribution in [0.3, 0.4) is 0 Å². The fraction of sp³-hybridized carbons (Fsp3) is 0.357. The summed E-state index contributed by atoms with van der Waals surface area (Å²) in [7, 11) is 0. The molecule has 15 heavy (non-hydrogen) atoms. The van der Waals surface area contributed by atoms with Gasteiger partial charge in [-0.15, -0.1) is 0 Å². The van der Waals surface area contributed by atoms with E-state index in [-0.39, 0.29) is 5.78 Å². The zero-order valence-corrected chi connectivity index (χ0v) is 9.49. The Morgan fingerprint density at radius 3 is 2.53 bits per heavy atom. The van der Waals surface area contributed by atoms with E-state index in [1.54, 1.807) is 0 Å². The van der Waals surface area contributed by atoms with Gasteiger partial charge in [0.05, 0.1) is 0 Å². The zero-order chi connectivity index (χ0) is 11.1. The molecule has 0 heterocycles. The van der Waals surface area contributed by atoms with Crippen molar-refractivity contribution < 1.29 is 4.79 Å². The molecule has 0 aliphatic carbocycles. The van der Waals surface area contributed by atoms with Gasteiger partial charge >= 0.3 is 0 Å². The summed E-state index contributed by atoms with van der Waals surface area (Å²) in [5, 5.41) is 0. The molecule has 1 rings (SSSR count). The molecule has 1 aromatic rings. The summed E-state index contributed by atoms with van der Waals surface area (Å²) in [6, 6.07) is 9.96. The molecule has 0 unspecified atom stereocenters. The predicted octanol–water partition coefficient (Wildman–Crippen LogP) is 3.85. The van der Waals surface area contributed by atoms with Gasteiger partial charge in [-0.2, -0.15) is 0 Å². The number of Topliss-reactive ketones (excluding diaryl/α,β-unsaturated/α-hetero) is 1. The molecule has 1 heteroatoms. The molecule has 80 valence electrons. The third-order valence-electron chi connectivity index (χ3n) is 2.38. The van der Waals surface area contributed by atoms with E-state index in [9.17, 15) is 4.79 Å². The highest BCUT2D eigenvalue weighted by atomic mass is 16.1. The summed E-state index contributed by atoms with van der Waals surface area (Å²) >= 11 is 0. The summed E-state index contributed by atoms with van der Waals surface area (Å²) in [5.74, 6) is 0.265. The van der Waals surface area contributed by atoms with E-state index in [1.165, 1.54) is 0 Å². The Morgan fingerprint density at radius 2 is 1.93 bits per heavy atom. The lowest BCUT2D eigenvalue weighted by atomic mass is 10.0. The molecule has 0 aromatic heterocycles. The normalized spacial score (nSPS) is 11.5. The molecule has 1 aromatic carbocycles. The minimum Gasteiger partial charge on any atom is -0.295 e. The van der Waals surface area contributed by atoms with Crippen LogP contribution in [0, 0.1) is 0 Å². The van der Waals surface area contributed by atoms with Crippen molar-refractivity contribution in [3.63, 3.8) is 0 Å².